The van der Waals surface area contributed by atoms with Crippen molar-refractivity contribution in [2.75, 3.05) is 5.73 Å². The number of benzene rings is 1. The number of nitrogen functional groups attached to an aromatic ring is 1. The van der Waals surface area contributed by atoms with Gasteiger partial charge in [-0.2, -0.15) is 0 Å². The molecule has 0 atom stereocenters. The van der Waals surface area contributed by atoms with Crippen LogP contribution in [-0.4, -0.2) is 9.97 Å². The van der Waals surface area contributed by atoms with E-state index in [0.717, 1.165) is 11.0 Å². The van der Waals surface area contributed by atoms with E-state index in [4.69, 9.17) is 5.73 Å². The van der Waals surface area contributed by atoms with Gasteiger partial charge in [-0.25, -0.2) is 4.98 Å². The molecule has 0 fully saturated rings. The van der Waals surface area contributed by atoms with Gasteiger partial charge in [-0.3, -0.25) is 4.98 Å². The molecular formula is C13H11N3S. The van der Waals surface area contributed by atoms with Crippen molar-refractivity contribution in [3.63, 3.8) is 0 Å². The molecule has 3 nitrogen and oxygen atoms in total. The number of hydrogen-bond acceptors (Lipinski definition) is 4. The molecule has 0 aliphatic carbocycles. The fourth-order valence-electron chi connectivity index (χ4n) is 1.77. The predicted molar refractivity (Wildman–Crippen MR) is 72.0 cm³/mol. The predicted octanol–water partition coefficient (Wildman–Crippen LogP) is 3.25. The third-order valence-corrected chi connectivity index (χ3v) is 3.64. The van der Waals surface area contributed by atoms with E-state index in [2.05, 4.69) is 35.1 Å². The van der Waals surface area contributed by atoms with Gasteiger partial charge in [0.05, 0.1) is 17.2 Å². The maximum atomic E-state index is 5.60. The zero-order valence-electron chi connectivity index (χ0n) is 9.34. The average molecular weight is 241 g/mol. The van der Waals surface area contributed by atoms with E-state index in [0.29, 0.717) is 5.82 Å². The maximum Gasteiger partial charge on any atom is 0.142 e. The fourth-order valence-corrected chi connectivity index (χ4v) is 2.63. The van der Waals surface area contributed by atoms with Gasteiger partial charge in [0, 0.05) is 9.75 Å². The van der Waals surface area contributed by atoms with Crippen LogP contribution < -0.4 is 5.73 Å². The summed E-state index contributed by atoms with van der Waals surface area (Å²) in [5.41, 5.74) is 8.49. The first-order valence-electron chi connectivity index (χ1n) is 5.31. The number of aryl methyl sites for hydroxylation is 1. The normalized spacial score (nSPS) is 10.9. The van der Waals surface area contributed by atoms with E-state index in [1.54, 1.807) is 17.5 Å². The van der Waals surface area contributed by atoms with E-state index < -0.39 is 0 Å². The molecule has 0 unspecified atom stereocenters. The minimum Gasteiger partial charge on any atom is -0.382 e. The molecule has 0 aliphatic heterocycles. The highest BCUT2D eigenvalue weighted by atomic mass is 32.1. The summed E-state index contributed by atoms with van der Waals surface area (Å²) in [5.74, 6) is 0.456. The van der Waals surface area contributed by atoms with Gasteiger partial charge in [0.25, 0.3) is 0 Å². The zero-order chi connectivity index (χ0) is 11.8. The quantitative estimate of drug-likeness (QED) is 0.711. The van der Waals surface area contributed by atoms with Crippen LogP contribution in [0.4, 0.5) is 5.82 Å². The Labute approximate surface area is 103 Å². The summed E-state index contributed by atoms with van der Waals surface area (Å²) >= 11 is 1.78. The lowest BCUT2D eigenvalue weighted by Gasteiger charge is -2.01. The van der Waals surface area contributed by atoms with Crippen LogP contribution in [0.5, 0.6) is 0 Å². The Morgan fingerprint density at radius 3 is 2.76 bits per heavy atom. The molecule has 84 valence electrons. The lowest BCUT2D eigenvalue weighted by atomic mass is 10.1. The minimum atomic E-state index is 0.456. The van der Waals surface area contributed by atoms with Crippen molar-refractivity contribution < 1.29 is 0 Å². The van der Waals surface area contributed by atoms with Crippen LogP contribution in [0.15, 0.2) is 36.5 Å². The topological polar surface area (TPSA) is 51.8 Å². The number of aromatic nitrogens is 2. The lowest BCUT2D eigenvalue weighted by Crippen LogP contribution is -1.92. The summed E-state index contributed by atoms with van der Waals surface area (Å²) in [6.07, 6.45) is 1.59. The molecule has 1 aromatic carbocycles. The summed E-state index contributed by atoms with van der Waals surface area (Å²) in [4.78, 5) is 11.1. The second-order valence-corrected chi connectivity index (χ2v) is 5.20. The molecule has 3 aromatic rings. The van der Waals surface area contributed by atoms with Crippen molar-refractivity contribution in [2.24, 2.45) is 0 Å². The van der Waals surface area contributed by atoms with Crippen LogP contribution in [0.1, 0.15) is 4.88 Å². The van der Waals surface area contributed by atoms with E-state index >= 15 is 0 Å². The SMILES string of the molecule is Cc1ccc(-c2ccc3nc(N)cnc3c2)s1. The van der Waals surface area contributed by atoms with Crippen molar-refractivity contribution in [2.45, 2.75) is 6.92 Å². The Hall–Kier alpha value is -1.94. The summed E-state index contributed by atoms with van der Waals surface area (Å²) in [6, 6.07) is 10.3. The number of fused-ring (bicyclic) bond motifs is 1. The summed E-state index contributed by atoms with van der Waals surface area (Å²) in [6.45, 7) is 2.11. The van der Waals surface area contributed by atoms with Gasteiger partial charge in [0.1, 0.15) is 5.82 Å². The first-order chi connectivity index (χ1) is 8.22. The number of nitrogens with zero attached hydrogens (tertiary/aromatic N) is 2. The monoisotopic (exact) mass is 241 g/mol. The van der Waals surface area contributed by atoms with Crippen LogP contribution in [0.3, 0.4) is 0 Å². The Kier molecular flexibility index (Phi) is 2.30. The zero-order valence-corrected chi connectivity index (χ0v) is 10.2. The number of thiophene rings is 1. The Morgan fingerprint density at radius 1 is 1.12 bits per heavy atom. The Balaban J connectivity index is 2.16. The van der Waals surface area contributed by atoms with Crippen LogP contribution >= 0.6 is 11.3 Å². The number of rotatable bonds is 1. The molecule has 0 saturated heterocycles. The second kappa shape index (κ2) is 3.82. The van der Waals surface area contributed by atoms with Gasteiger partial charge in [-0.1, -0.05) is 6.07 Å². The van der Waals surface area contributed by atoms with Gasteiger partial charge >= 0.3 is 0 Å². The van der Waals surface area contributed by atoms with Gasteiger partial charge < -0.3 is 5.73 Å². The Bertz CT molecular complexity index is 688. The van der Waals surface area contributed by atoms with Crippen LogP contribution in [0.25, 0.3) is 21.5 Å². The molecule has 0 amide bonds. The van der Waals surface area contributed by atoms with Crippen molar-refractivity contribution in [3.8, 4) is 10.4 Å². The molecule has 2 aromatic heterocycles. The molecule has 0 spiro atoms. The largest absolute Gasteiger partial charge is 0.382 e. The third-order valence-electron chi connectivity index (χ3n) is 2.59. The molecule has 0 saturated carbocycles. The standard InChI is InChI=1S/C13H11N3S/c1-8-2-5-12(17-8)9-3-4-10-11(6-9)15-7-13(14)16-10/h2-7H,1H3,(H2,14,16). The second-order valence-electron chi connectivity index (χ2n) is 3.91. The average Bonchev–Trinajstić information content (AvgIpc) is 2.75. The molecule has 0 aliphatic rings. The third kappa shape index (κ3) is 1.87. The maximum absolute atomic E-state index is 5.60. The highest BCUT2D eigenvalue weighted by Gasteiger charge is 2.03. The number of hydrogen-bond donors (Lipinski definition) is 1. The number of nitrogens with two attached hydrogens (primary N) is 1. The van der Waals surface area contributed by atoms with Crippen molar-refractivity contribution >= 4 is 28.2 Å². The van der Waals surface area contributed by atoms with E-state index in [9.17, 15) is 0 Å². The molecule has 2 heterocycles. The molecule has 17 heavy (non-hydrogen) atoms. The van der Waals surface area contributed by atoms with Crippen molar-refractivity contribution in [3.05, 3.63) is 41.4 Å². The molecular weight excluding hydrogens is 230 g/mol. The molecule has 3 rings (SSSR count). The molecule has 0 bridgehead atoms. The highest BCUT2D eigenvalue weighted by molar-refractivity contribution is 7.15. The van der Waals surface area contributed by atoms with E-state index in [1.165, 1.54) is 15.3 Å². The van der Waals surface area contributed by atoms with Gasteiger partial charge in [0.15, 0.2) is 0 Å². The first-order valence-corrected chi connectivity index (χ1v) is 6.13. The van der Waals surface area contributed by atoms with Crippen LogP contribution in [0.2, 0.25) is 0 Å². The molecule has 4 heteroatoms. The van der Waals surface area contributed by atoms with Gasteiger partial charge in [0.2, 0.25) is 0 Å². The van der Waals surface area contributed by atoms with Gasteiger partial charge in [-0.15, -0.1) is 11.3 Å². The van der Waals surface area contributed by atoms with Crippen molar-refractivity contribution in [1.29, 1.82) is 0 Å². The summed E-state index contributed by atoms with van der Waals surface area (Å²) in [7, 11) is 0. The highest BCUT2D eigenvalue weighted by Crippen LogP contribution is 2.29. The molecule has 2 N–H and O–H groups in total. The Morgan fingerprint density at radius 2 is 2.00 bits per heavy atom. The van der Waals surface area contributed by atoms with Crippen LogP contribution in [-0.2, 0) is 0 Å². The van der Waals surface area contributed by atoms with Gasteiger partial charge in [-0.05, 0) is 36.8 Å². The summed E-state index contributed by atoms with van der Waals surface area (Å²) in [5, 5.41) is 0. The van der Waals surface area contributed by atoms with Crippen LogP contribution in [0, 0.1) is 6.92 Å². The summed E-state index contributed by atoms with van der Waals surface area (Å²) < 4.78 is 0. The fraction of sp³-hybridized carbons (Fsp3) is 0.0769. The first kappa shape index (κ1) is 10.2. The lowest BCUT2D eigenvalue weighted by molar-refractivity contribution is 1.30. The van der Waals surface area contributed by atoms with Crippen molar-refractivity contribution in [1.82, 2.24) is 9.97 Å². The van der Waals surface area contributed by atoms with E-state index in [-0.39, 0.29) is 0 Å². The van der Waals surface area contributed by atoms with E-state index in [1.807, 2.05) is 12.1 Å². The number of anilines is 1. The smallest absolute Gasteiger partial charge is 0.142 e. The minimum absolute atomic E-state index is 0.456. The molecule has 0 radical (unpaired) electrons.